The van der Waals surface area contributed by atoms with Gasteiger partial charge < -0.3 is 0 Å². The highest BCUT2D eigenvalue weighted by Gasteiger charge is 2.32. The van der Waals surface area contributed by atoms with Crippen molar-refractivity contribution in [2.45, 2.75) is 23.7 Å². The van der Waals surface area contributed by atoms with Crippen molar-refractivity contribution in [1.29, 1.82) is 0 Å². The van der Waals surface area contributed by atoms with E-state index in [0.717, 1.165) is 23.9 Å². The molecule has 1 aromatic carbocycles. The fourth-order valence-electron chi connectivity index (χ4n) is 3.37. The second-order valence-electron chi connectivity index (χ2n) is 6.17. The highest BCUT2D eigenvalue weighted by molar-refractivity contribution is 7.89. The molecule has 0 bridgehead atoms. The lowest BCUT2D eigenvalue weighted by Gasteiger charge is -2.31. The van der Waals surface area contributed by atoms with Gasteiger partial charge in [0.1, 0.15) is 11.2 Å². The number of fused-ring (bicyclic) bond motifs is 1. The Bertz CT molecular complexity index is 987. The van der Waals surface area contributed by atoms with E-state index in [1.807, 2.05) is 24.3 Å². The van der Waals surface area contributed by atoms with Gasteiger partial charge in [-0.3, -0.25) is 4.98 Å². The number of nitrogens with zero attached hydrogens (tertiary/aromatic N) is 4. The molecular weight excluding hydrogens is 336 g/mol. The van der Waals surface area contributed by atoms with Gasteiger partial charge in [-0.1, -0.05) is 18.2 Å². The summed E-state index contributed by atoms with van der Waals surface area (Å²) in [5, 5.41) is 0.827. The summed E-state index contributed by atoms with van der Waals surface area (Å²) >= 11 is 0. The van der Waals surface area contributed by atoms with Gasteiger partial charge in [0.25, 0.3) is 0 Å². The third-order valence-electron chi connectivity index (χ3n) is 4.62. The SMILES string of the molecule is O=S(=O)(c1cccc2cccnc12)N1CCC[C@@H](c2ccncn2)C1. The van der Waals surface area contributed by atoms with Crippen molar-refractivity contribution in [2.75, 3.05) is 13.1 Å². The van der Waals surface area contributed by atoms with Gasteiger partial charge in [-0.15, -0.1) is 0 Å². The van der Waals surface area contributed by atoms with Crippen LogP contribution in [0.25, 0.3) is 10.9 Å². The van der Waals surface area contributed by atoms with Crippen LogP contribution in [0, 0.1) is 0 Å². The van der Waals surface area contributed by atoms with Crippen molar-refractivity contribution < 1.29 is 8.42 Å². The Morgan fingerprint density at radius 3 is 2.76 bits per heavy atom. The van der Waals surface area contributed by atoms with Crippen LogP contribution in [0.1, 0.15) is 24.5 Å². The second-order valence-corrected chi connectivity index (χ2v) is 8.07. The summed E-state index contributed by atoms with van der Waals surface area (Å²) in [6.45, 7) is 0.954. The Labute approximate surface area is 146 Å². The van der Waals surface area contributed by atoms with Gasteiger partial charge in [0, 0.05) is 42.5 Å². The van der Waals surface area contributed by atoms with Gasteiger partial charge in [0.2, 0.25) is 10.0 Å². The standard InChI is InChI=1S/C18H18N4O2S/c23-25(24,17-7-1-4-14-5-2-9-20-18(14)17)22-11-3-6-15(12-22)16-8-10-19-13-21-16/h1-2,4-5,7-10,13,15H,3,6,11-12H2/t15-/m1/s1. The van der Waals surface area contributed by atoms with Gasteiger partial charge in [-0.25, -0.2) is 18.4 Å². The summed E-state index contributed by atoms with van der Waals surface area (Å²) in [7, 11) is -3.60. The maximum atomic E-state index is 13.2. The van der Waals surface area contributed by atoms with E-state index in [0.29, 0.717) is 18.6 Å². The summed E-state index contributed by atoms with van der Waals surface area (Å²) in [5.41, 5.74) is 1.42. The van der Waals surface area contributed by atoms with Crippen LogP contribution in [0.4, 0.5) is 0 Å². The molecule has 128 valence electrons. The lowest BCUT2D eigenvalue weighted by atomic mass is 9.96. The molecule has 0 aliphatic carbocycles. The van der Waals surface area contributed by atoms with Gasteiger partial charge in [0.05, 0.1) is 5.52 Å². The molecule has 2 aromatic heterocycles. The van der Waals surface area contributed by atoms with E-state index in [2.05, 4.69) is 15.0 Å². The van der Waals surface area contributed by atoms with Crippen molar-refractivity contribution in [3.05, 3.63) is 60.8 Å². The molecule has 3 aromatic rings. The molecule has 0 spiro atoms. The van der Waals surface area contributed by atoms with Gasteiger partial charge in [-0.05, 0) is 31.0 Å². The van der Waals surface area contributed by atoms with E-state index < -0.39 is 10.0 Å². The smallest absolute Gasteiger partial charge is 0.245 e. The first-order valence-electron chi connectivity index (χ1n) is 8.26. The van der Waals surface area contributed by atoms with Gasteiger partial charge in [-0.2, -0.15) is 4.31 Å². The van der Waals surface area contributed by atoms with Crippen molar-refractivity contribution in [3.8, 4) is 0 Å². The Morgan fingerprint density at radius 1 is 1.04 bits per heavy atom. The highest BCUT2D eigenvalue weighted by atomic mass is 32.2. The summed E-state index contributed by atoms with van der Waals surface area (Å²) in [6, 6.07) is 10.8. The fraction of sp³-hybridized carbons (Fsp3) is 0.278. The zero-order valence-electron chi connectivity index (χ0n) is 13.6. The van der Waals surface area contributed by atoms with Gasteiger partial charge >= 0.3 is 0 Å². The van der Waals surface area contributed by atoms with Crippen LogP contribution in [-0.4, -0.2) is 40.8 Å². The first-order valence-corrected chi connectivity index (χ1v) is 9.70. The molecule has 1 aliphatic rings. The number of pyridine rings is 1. The van der Waals surface area contributed by atoms with Gasteiger partial charge in [0.15, 0.2) is 0 Å². The predicted molar refractivity (Wildman–Crippen MR) is 94.5 cm³/mol. The van der Waals surface area contributed by atoms with Crippen LogP contribution >= 0.6 is 0 Å². The molecule has 0 amide bonds. The molecule has 0 N–H and O–H groups in total. The Balaban J connectivity index is 1.70. The van der Waals surface area contributed by atoms with Crippen LogP contribution in [-0.2, 0) is 10.0 Å². The van der Waals surface area contributed by atoms with Crippen LogP contribution in [0.2, 0.25) is 0 Å². The van der Waals surface area contributed by atoms with Crippen LogP contribution < -0.4 is 0 Å². The number of hydrogen-bond acceptors (Lipinski definition) is 5. The lowest BCUT2D eigenvalue weighted by molar-refractivity contribution is 0.312. The number of piperidine rings is 1. The van der Waals surface area contributed by atoms with E-state index in [1.54, 1.807) is 28.8 Å². The van der Waals surface area contributed by atoms with Crippen molar-refractivity contribution in [3.63, 3.8) is 0 Å². The minimum atomic E-state index is -3.60. The number of para-hydroxylation sites is 1. The largest absolute Gasteiger partial charge is 0.255 e. The summed E-state index contributed by atoms with van der Waals surface area (Å²) < 4.78 is 28.0. The minimum Gasteiger partial charge on any atom is -0.255 e. The molecular formula is C18H18N4O2S. The normalized spacial score (nSPS) is 19.1. The molecule has 1 aliphatic heterocycles. The number of sulfonamides is 1. The van der Waals surface area contributed by atoms with Crippen LogP contribution in [0.3, 0.4) is 0 Å². The third kappa shape index (κ3) is 3.01. The zero-order chi connectivity index (χ0) is 17.3. The molecule has 3 heterocycles. The Hall–Kier alpha value is -2.38. The molecule has 6 nitrogen and oxygen atoms in total. The minimum absolute atomic E-state index is 0.0921. The molecule has 0 radical (unpaired) electrons. The predicted octanol–water partition coefficient (Wildman–Crippen LogP) is 2.59. The summed E-state index contributed by atoms with van der Waals surface area (Å²) in [6.07, 6.45) is 6.58. The lowest BCUT2D eigenvalue weighted by Crippen LogP contribution is -2.39. The average molecular weight is 354 g/mol. The average Bonchev–Trinajstić information content (AvgIpc) is 2.68. The number of aromatic nitrogens is 3. The first-order chi connectivity index (χ1) is 12.2. The molecule has 4 rings (SSSR count). The van der Waals surface area contributed by atoms with Crippen LogP contribution in [0.5, 0.6) is 0 Å². The van der Waals surface area contributed by atoms with E-state index >= 15 is 0 Å². The monoisotopic (exact) mass is 354 g/mol. The topological polar surface area (TPSA) is 76.1 Å². The van der Waals surface area contributed by atoms with E-state index in [-0.39, 0.29) is 10.8 Å². The summed E-state index contributed by atoms with van der Waals surface area (Å²) in [5.74, 6) is 0.0921. The number of benzene rings is 1. The molecule has 0 unspecified atom stereocenters. The maximum Gasteiger partial charge on any atom is 0.245 e. The molecule has 0 saturated carbocycles. The van der Waals surface area contributed by atoms with Crippen molar-refractivity contribution in [2.24, 2.45) is 0 Å². The van der Waals surface area contributed by atoms with Crippen LogP contribution in [0.15, 0.2) is 60.0 Å². The second kappa shape index (κ2) is 6.50. The Morgan fingerprint density at radius 2 is 1.92 bits per heavy atom. The zero-order valence-corrected chi connectivity index (χ0v) is 14.4. The van der Waals surface area contributed by atoms with E-state index in [1.165, 1.54) is 6.33 Å². The molecule has 1 saturated heterocycles. The highest BCUT2D eigenvalue weighted by Crippen LogP contribution is 2.31. The quantitative estimate of drug-likeness (QED) is 0.723. The number of hydrogen-bond donors (Lipinski definition) is 0. The Kier molecular flexibility index (Phi) is 4.19. The summed E-state index contributed by atoms with van der Waals surface area (Å²) in [4.78, 5) is 12.8. The molecule has 1 fully saturated rings. The molecule has 25 heavy (non-hydrogen) atoms. The molecule has 1 atom stereocenters. The fourth-order valence-corrected chi connectivity index (χ4v) is 5.06. The van der Waals surface area contributed by atoms with Crippen molar-refractivity contribution in [1.82, 2.24) is 19.3 Å². The third-order valence-corrected chi connectivity index (χ3v) is 6.52. The van der Waals surface area contributed by atoms with E-state index in [9.17, 15) is 8.42 Å². The van der Waals surface area contributed by atoms with E-state index in [4.69, 9.17) is 0 Å². The maximum absolute atomic E-state index is 13.2. The number of rotatable bonds is 3. The molecule has 7 heteroatoms. The van der Waals surface area contributed by atoms with Crippen molar-refractivity contribution >= 4 is 20.9 Å². The first kappa shape index (κ1) is 16.1.